The molecule has 0 aliphatic carbocycles. The molecule has 1 heterocycles. The Morgan fingerprint density at radius 3 is 2.05 bits per heavy atom. The maximum absolute atomic E-state index is 11.7. The number of alkyl carbamates (subject to hydrolysis) is 1. The number of carboxylic acids is 1. The smallest absolute Gasteiger partial charge is 0.408 e. The molecule has 1 aliphatic heterocycles. The molecule has 0 spiro atoms. The Balaban J connectivity index is 2.75. The van der Waals surface area contributed by atoms with E-state index in [2.05, 4.69) is 5.32 Å². The zero-order valence-corrected chi connectivity index (χ0v) is 11.9. The quantitative estimate of drug-likeness (QED) is 0.784. The lowest BCUT2D eigenvalue weighted by Crippen LogP contribution is -2.65. The molecule has 7 nitrogen and oxygen atoms in total. The molecule has 1 fully saturated rings. The highest BCUT2D eigenvalue weighted by Crippen LogP contribution is 2.24. The summed E-state index contributed by atoms with van der Waals surface area (Å²) >= 11 is 0. The SMILES string of the molecule is CC(C)(C)OC(=O)NC1(C(=O)O)COC(C)(C)OC1. The van der Waals surface area contributed by atoms with E-state index >= 15 is 0 Å². The van der Waals surface area contributed by atoms with Gasteiger partial charge in [-0.15, -0.1) is 0 Å². The summed E-state index contributed by atoms with van der Waals surface area (Å²) in [7, 11) is 0. The lowest BCUT2D eigenvalue weighted by atomic mass is 10.0. The molecule has 19 heavy (non-hydrogen) atoms. The number of hydrogen-bond donors (Lipinski definition) is 2. The van der Waals surface area contributed by atoms with Gasteiger partial charge < -0.3 is 24.6 Å². The van der Waals surface area contributed by atoms with Crippen LogP contribution in [0.25, 0.3) is 0 Å². The van der Waals surface area contributed by atoms with Crippen LogP contribution in [-0.2, 0) is 19.0 Å². The van der Waals surface area contributed by atoms with Crippen molar-refractivity contribution in [3.05, 3.63) is 0 Å². The zero-order chi connectivity index (χ0) is 14.9. The molecule has 0 atom stereocenters. The topological polar surface area (TPSA) is 94.1 Å². The van der Waals surface area contributed by atoms with E-state index in [-0.39, 0.29) is 13.2 Å². The fraction of sp³-hybridized carbons (Fsp3) is 0.833. The molecule has 110 valence electrons. The molecule has 1 rings (SSSR count). The highest BCUT2D eigenvalue weighted by molar-refractivity contribution is 5.85. The predicted octanol–water partition coefficient (Wildman–Crippen LogP) is 1.12. The summed E-state index contributed by atoms with van der Waals surface area (Å²) in [6, 6.07) is 0. The molecule has 1 aliphatic rings. The van der Waals surface area contributed by atoms with Crippen LogP contribution in [0.1, 0.15) is 34.6 Å². The third kappa shape index (κ3) is 4.36. The second-order valence-corrected chi connectivity index (χ2v) is 5.99. The van der Waals surface area contributed by atoms with Gasteiger partial charge in [0, 0.05) is 0 Å². The van der Waals surface area contributed by atoms with Crippen LogP contribution in [0.4, 0.5) is 4.79 Å². The minimum absolute atomic E-state index is 0.186. The van der Waals surface area contributed by atoms with Gasteiger partial charge in [0.2, 0.25) is 0 Å². The van der Waals surface area contributed by atoms with Crippen LogP contribution in [0.15, 0.2) is 0 Å². The molecule has 0 aromatic heterocycles. The summed E-state index contributed by atoms with van der Waals surface area (Å²) in [5.41, 5.74) is -2.34. The molecule has 0 saturated carbocycles. The largest absolute Gasteiger partial charge is 0.479 e. The van der Waals surface area contributed by atoms with E-state index in [4.69, 9.17) is 14.2 Å². The van der Waals surface area contributed by atoms with Crippen molar-refractivity contribution in [2.45, 2.75) is 51.5 Å². The number of hydrogen-bond acceptors (Lipinski definition) is 5. The molecule has 0 radical (unpaired) electrons. The molecule has 0 bridgehead atoms. The minimum Gasteiger partial charge on any atom is -0.479 e. The molecule has 2 N–H and O–H groups in total. The summed E-state index contributed by atoms with van der Waals surface area (Å²) in [4.78, 5) is 23.0. The molecule has 0 aromatic rings. The number of ether oxygens (including phenoxy) is 3. The Hall–Kier alpha value is -1.34. The fourth-order valence-electron chi connectivity index (χ4n) is 1.43. The first-order valence-electron chi connectivity index (χ1n) is 5.98. The second-order valence-electron chi connectivity index (χ2n) is 5.99. The number of aliphatic carboxylic acids is 1. The van der Waals surface area contributed by atoms with Crippen LogP contribution in [0, 0.1) is 0 Å². The number of carbonyl (C=O) groups is 2. The Morgan fingerprint density at radius 1 is 1.21 bits per heavy atom. The molecule has 1 amide bonds. The lowest BCUT2D eigenvalue weighted by molar-refractivity contribution is -0.269. The molecule has 0 aromatic carbocycles. The lowest BCUT2D eigenvalue weighted by Gasteiger charge is -2.41. The van der Waals surface area contributed by atoms with Crippen LogP contribution in [0.2, 0.25) is 0 Å². The van der Waals surface area contributed by atoms with Crippen LogP contribution in [0.5, 0.6) is 0 Å². The Kier molecular flexibility index (Phi) is 4.11. The van der Waals surface area contributed by atoms with Crippen molar-refractivity contribution in [3.8, 4) is 0 Å². The minimum atomic E-state index is -1.63. The van der Waals surface area contributed by atoms with Crippen LogP contribution < -0.4 is 5.32 Å². The van der Waals surface area contributed by atoms with Gasteiger partial charge in [-0.25, -0.2) is 9.59 Å². The van der Waals surface area contributed by atoms with E-state index in [1.165, 1.54) is 0 Å². The van der Waals surface area contributed by atoms with Gasteiger partial charge in [-0.1, -0.05) is 0 Å². The molecular weight excluding hydrogens is 254 g/mol. The van der Waals surface area contributed by atoms with E-state index in [0.717, 1.165) is 0 Å². The first kappa shape index (κ1) is 15.7. The van der Waals surface area contributed by atoms with Gasteiger partial charge >= 0.3 is 12.1 Å². The summed E-state index contributed by atoms with van der Waals surface area (Å²) in [5.74, 6) is -2.09. The van der Waals surface area contributed by atoms with E-state index < -0.39 is 29.0 Å². The number of rotatable bonds is 2. The zero-order valence-electron chi connectivity index (χ0n) is 11.9. The predicted molar refractivity (Wildman–Crippen MR) is 65.7 cm³/mol. The van der Waals surface area contributed by atoms with Crippen molar-refractivity contribution in [1.82, 2.24) is 5.32 Å². The van der Waals surface area contributed by atoms with Crippen molar-refractivity contribution >= 4 is 12.1 Å². The van der Waals surface area contributed by atoms with Gasteiger partial charge in [0.1, 0.15) is 5.60 Å². The monoisotopic (exact) mass is 275 g/mol. The second kappa shape index (κ2) is 4.97. The Labute approximate surface area is 112 Å². The number of carbonyl (C=O) groups excluding carboxylic acids is 1. The Bertz CT molecular complexity index is 361. The van der Waals surface area contributed by atoms with Crippen molar-refractivity contribution in [3.63, 3.8) is 0 Å². The molecule has 1 saturated heterocycles. The summed E-state index contributed by atoms with van der Waals surface area (Å²) in [6.07, 6.45) is -0.818. The summed E-state index contributed by atoms with van der Waals surface area (Å²) in [6.45, 7) is 8.05. The maximum atomic E-state index is 11.7. The Morgan fingerprint density at radius 2 is 1.68 bits per heavy atom. The van der Waals surface area contributed by atoms with Gasteiger partial charge in [0.25, 0.3) is 0 Å². The molecule has 7 heteroatoms. The normalized spacial score (nSPS) is 21.5. The number of carboxylic acid groups (broad SMARTS) is 1. The highest BCUT2D eigenvalue weighted by atomic mass is 16.7. The van der Waals surface area contributed by atoms with Crippen molar-refractivity contribution in [2.75, 3.05) is 13.2 Å². The third-order valence-corrected chi connectivity index (χ3v) is 2.48. The average molecular weight is 275 g/mol. The number of amides is 1. The third-order valence-electron chi connectivity index (χ3n) is 2.48. The first-order chi connectivity index (χ1) is 8.46. The summed E-state index contributed by atoms with van der Waals surface area (Å²) < 4.78 is 15.6. The average Bonchev–Trinajstić information content (AvgIpc) is 2.18. The first-order valence-corrected chi connectivity index (χ1v) is 5.98. The standard InChI is InChI=1S/C12H21NO6/c1-10(2,3)19-9(16)13-12(8(14)15)6-17-11(4,5)18-7-12/h6-7H2,1-5H3,(H,13,16)(H,14,15). The van der Waals surface area contributed by atoms with Gasteiger partial charge in [0.05, 0.1) is 13.2 Å². The van der Waals surface area contributed by atoms with Crippen molar-refractivity contribution in [2.24, 2.45) is 0 Å². The van der Waals surface area contributed by atoms with E-state index in [9.17, 15) is 14.7 Å². The van der Waals surface area contributed by atoms with Crippen molar-refractivity contribution in [1.29, 1.82) is 0 Å². The molecular formula is C12H21NO6. The maximum Gasteiger partial charge on any atom is 0.408 e. The van der Waals surface area contributed by atoms with E-state index in [1.54, 1.807) is 34.6 Å². The van der Waals surface area contributed by atoms with Crippen LogP contribution >= 0.6 is 0 Å². The highest BCUT2D eigenvalue weighted by Gasteiger charge is 2.48. The van der Waals surface area contributed by atoms with Gasteiger partial charge in [-0.3, -0.25) is 0 Å². The summed E-state index contributed by atoms with van der Waals surface area (Å²) in [5, 5.41) is 11.6. The van der Waals surface area contributed by atoms with Crippen LogP contribution in [-0.4, -0.2) is 47.3 Å². The van der Waals surface area contributed by atoms with Gasteiger partial charge in [-0.2, -0.15) is 0 Å². The van der Waals surface area contributed by atoms with Gasteiger partial charge in [-0.05, 0) is 34.6 Å². The van der Waals surface area contributed by atoms with Gasteiger partial charge in [0.15, 0.2) is 11.3 Å². The van der Waals surface area contributed by atoms with E-state index in [1.807, 2.05) is 0 Å². The number of nitrogens with one attached hydrogen (secondary N) is 1. The van der Waals surface area contributed by atoms with E-state index in [0.29, 0.717) is 0 Å². The van der Waals surface area contributed by atoms with Crippen molar-refractivity contribution < 1.29 is 28.9 Å². The fourth-order valence-corrected chi connectivity index (χ4v) is 1.43. The van der Waals surface area contributed by atoms with Crippen LogP contribution in [0.3, 0.4) is 0 Å². The molecule has 0 unspecified atom stereocenters.